The van der Waals surface area contributed by atoms with Gasteiger partial charge in [0.15, 0.2) is 0 Å². The Labute approximate surface area is 71.3 Å². The lowest BCUT2D eigenvalue weighted by Crippen LogP contribution is -2.51. The predicted octanol–water partition coefficient (Wildman–Crippen LogP) is -0.130. The van der Waals surface area contributed by atoms with E-state index in [9.17, 15) is 4.79 Å². The zero-order valence-corrected chi connectivity index (χ0v) is 7.06. The third-order valence-corrected chi connectivity index (χ3v) is 1.44. The molecule has 1 aliphatic heterocycles. The number of ether oxygens (including phenoxy) is 1. The van der Waals surface area contributed by atoms with Crippen LogP contribution in [0.2, 0.25) is 0 Å². The maximum Gasteiger partial charge on any atom is 0.323 e. The van der Waals surface area contributed by atoms with Crippen LogP contribution in [-0.2, 0) is 9.53 Å². The fraction of sp³-hybridized carbons (Fsp3) is 0.833. The van der Waals surface area contributed by atoms with Crippen molar-refractivity contribution in [2.24, 2.45) is 0 Å². The summed E-state index contributed by atoms with van der Waals surface area (Å²) in [5.74, 6) is -0.841. The van der Waals surface area contributed by atoms with Gasteiger partial charge < -0.3 is 9.84 Å². The molecule has 0 aromatic rings. The van der Waals surface area contributed by atoms with E-state index in [1.165, 1.54) is 0 Å². The van der Waals surface area contributed by atoms with E-state index >= 15 is 0 Å². The molecule has 5 heteroatoms. The number of hydrogen-bond acceptors (Lipinski definition) is 3. The molecule has 4 nitrogen and oxygen atoms in total. The van der Waals surface area contributed by atoms with Gasteiger partial charge in [-0.3, -0.25) is 10.1 Å². The monoisotopic (exact) mass is 181 g/mol. The van der Waals surface area contributed by atoms with Crippen LogP contribution in [0.1, 0.15) is 6.92 Å². The Kier molecular flexibility index (Phi) is 4.40. The number of halogens is 1. The van der Waals surface area contributed by atoms with E-state index < -0.39 is 12.0 Å². The third kappa shape index (κ3) is 3.05. The number of hydrogen-bond donors (Lipinski definition) is 2. The number of rotatable bonds is 1. The average Bonchev–Trinajstić information content (AvgIpc) is 1.88. The van der Waals surface area contributed by atoms with Gasteiger partial charge in [-0.15, -0.1) is 12.4 Å². The highest BCUT2D eigenvalue weighted by molar-refractivity contribution is 5.85. The smallest absolute Gasteiger partial charge is 0.323 e. The van der Waals surface area contributed by atoms with Gasteiger partial charge >= 0.3 is 5.97 Å². The molecule has 0 spiro atoms. The molecular formula is C6H12ClNO3. The summed E-state index contributed by atoms with van der Waals surface area (Å²) in [6.07, 6.45) is 0. The van der Waals surface area contributed by atoms with Crippen molar-refractivity contribution >= 4 is 18.4 Å². The number of nitrogens with one attached hydrogen (secondary N) is 1. The number of carbonyl (C=O) groups is 1. The summed E-state index contributed by atoms with van der Waals surface area (Å²) in [4.78, 5) is 10.4. The van der Waals surface area contributed by atoms with Crippen LogP contribution in [0.5, 0.6) is 0 Å². The van der Waals surface area contributed by atoms with Crippen LogP contribution < -0.4 is 5.32 Å². The second-order valence-electron chi connectivity index (χ2n) is 2.50. The molecule has 2 atom stereocenters. The Balaban J connectivity index is 0.000001000. The first-order valence-corrected chi connectivity index (χ1v) is 3.26. The molecule has 66 valence electrons. The molecule has 1 fully saturated rings. The number of carboxylic acids is 1. The van der Waals surface area contributed by atoms with Gasteiger partial charge in [-0.05, 0) is 6.92 Å². The zero-order valence-electron chi connectivity index (χ0n) is 6.24. The molecular weight excluding hydrogens is 170 g/mol. The molecule has 0 bridgehead atoms. The lowest BCUT2D eigenvalue weighted by molar-refractivity contribution is -0.143. The van der Waals surface area contributed by atoms with Gasteiger partial charge in [-0.2, -0.15) is 0 Å². The molecule has 0 saturated carbocycles. The van der Waals surface area contributed by atoms with Crippen molar-refractivity contribution in [2.45, 2.75) is 19.0 Å². The molecule has 1 aliphatic rings. The largest absolute Gasteiger partial charge is 0.480 e. The maximum absolute atomic E-state index is 10.4. The molecule has 1 heterocycles. The highest BCUT2D eigenvalue weighted by atomic mass is 35.5. The molecule has 2 unspecified atom stereocenters. The van der Waals surface area contributed by atoms with E-state index in [0.717, 1.165) is 0 Å². The minimum absolute atomic E-state index is 0. The van der Waals surface area contributed by atoms with Crippen molar-refractivity contribution in [2.75, 3.05) is 13.2 Å². The molecule has 1 rings (SSSR count). The van der Waals surface area contributed by atoms with Crippen molar-refractivity contribution in [3.8, 4) is 0 Å². The van der Waals surface area contributed by atoms with Gasteiger partial charge in [-0.1, -0.05) is 0 Å². The summed E-state index contributed by atoms with van der Waals surface area (Å²) >= 11 is 0. The van der Waals surface area contributed by atoms with Crippen LogP contribution in [0.25, 0.3) is 0 Å². The Morgan fingerprint density at radius 1 is 1.64 bits per heavy atom. The van der Waals surface area contributed by atoms with Gasteiger partial charge in [0.25, 0.3) is 0 Å². The van der Waals surface area contributed by atoms with Crippen LogP contribution in [0.3, 0.4) is 0 Å². The Morgan fingerprint density at radius 3 is 2.64 bits per heavy atom. The SMILES string of the molecule is CC1COCC(C(=O)O)N1.Cl. The van der Waals surface area contributed by atoms with E-state index in [2.05, 4.69) is 5.32 Å². The summed E-state index contributed by atoms with van der Waals surface area (Å²) < 4.78 is 5.01. The van der Waals surface area contributed by atoms with E-state index in [1.807, 2.05) is 6.92 Å². The van der Waals surface area contributed by atoms with E-state index in [-0.39, 0.29) is 25.1 Å². The topological polar surface area (TPSA) is 58.6 Å². The van der Waals surface area contributed by atoms with Crippen molar-refractivity contribution in [3.63, 3.8) is 0 Å². The summed E-state index contributed by atoms with van der Waals surface area (Å²) in [6.45, 7) is 2.78. The van der Waals surface area contributed by atoms with E-state index in [0.29, 0.717) is 6.61 Å². The fourth-order valence-corrected chi connectivity index (χ4v) is 0.945. The third-order valence-electron chi connectivity index (χ3n) is 1.44. The maximum atomic E-state index is 10.4. The number of carboxylic acid groups (broad SMARTS) is 1. The van der Waals surface area contributed by atoms with E-state index in [4.69, 9.17) is 9.84 Å². The minimum Gasteiger partial charge on any atom is -0.480 e. The summed E-state index contributed by atoms with van der Waals surface area (Å²) in [5, 5.41) is 11.4. The van der Waals surface area contributed by atoms with Gasteiger partial charge in [-0.25, -0.2) is 0 Å². The quantitative estimate of drug-likeness (QED) is 0.592. The van der Waals surface area contributed by atoms with E-state index in [1.54, 1.807) is 0 Å². The van der Waals surface area contributed by atoms with Crippen molar-refractivity contribution in [1.29, 1.82) is 0 Å². The van der Waals surface area contributed by atoms with Crippen LogP contribution >= 0.6 is 12.4 Å². The second-order valence-corrected chi connectivity index (χ2v) is 2.50. The molecule has 0 aromatic heterocycles. The Hall–Kier alpha value is -0.320. The number of morpholine rings is 1. The normalized spacial score (nSPS) is 30.6. The molecule has 11 heavy (non-hydrogen) atoms. The highest BCUT2D eigenvalue weighted by Crippen LogP contribution is 1.98. The summed E-state index contributed by atoms with van der Waals surface area (Å²) in [7, 11) is 0. The van der Waals surface area contributed by atoms with Gasteiger partial charge in [0.1, 0.15) is 6.04 Å². The van der Waals surface area contributed by atoms with Crippen molar-refractivity contribution < 1.29 is 14.6 Å². The Bertz CT molecular complexity index is 142. The first-order chi connectivity index (χ1) is 4.70. The summed E-state index contributed by atoms with van der Waals surface area (Å²) in [5.41, 5.74) is 0. The molecule has 0 aliphatic carbocycles. The lowest BCUT2D eigenvalue weighted by atomic mass is 10.2. The molecule has 0 amide bonds. The molecule has 0 radical (unpaired) electrons. The first-order valence-electron chi connectivity index (χ1n) is 3.26. The number of aliphatic carboxylic acids is 1. The summed E-state index contributed by atoms with van der Waals surface area (Å²) in [6, 6.07) is -0.376. The fourth-order valence-electron chi connectivity index (χ4n) is 0.945. The standard InChI is InChI=1S/C6H11NO3.ClH/c1-4-2-10-3-5(7-4)6(8)9;/h4-5,7H,2-3H2,1H3,(H,8,9);1H. The minimum atomic E-state index is -0.841. The average molecular weight is 182 g/mol. The second kappa shape index (κ2) is 4.54. The van der Waals surface area contributed by atoms with Gasteiger partial charge in [0, 0.05) is 6.04 Å². The van der Waals surface area contributed by atoms with Crippen molar-refractivity contribution in [3.05, 3.63) is 0 Å². The predicted molar refractivity (Wildman–Crippen MR) is 42.1 cm³/mol. The molecule has 2 N–H and O–H groups in total. The molecule has 1 saturated heterocycles. The molecule has 0 aromatic carbocycles. The first kappa shape index (κ1) is 10.7. The highest BCUT2D eigenvalue weighted by Gasteiger charge is 2.23. The van der Waals surface area contributed by atoms with Crippen LogP contribution in [0.4, 0.5) is 0 Å². The van der Waals surface area contributed by atoms with Crippen LogP contribution in [0.15, 0.2) is 0 Å². The van der Waals surface area contributed by atoms with Crippen LogP contribution in [-0.4, -0.2) is 36.4 Å². The van der Waals surface area contributed by atoms with Gasteiger partial charge in [0.2, 0.25) is 0 Å². The van der Waals surface area contributed by atoms with Gasteiger partial charge in [0.05, 0.1) is 13.2 Å². The van der Waals surface area contributed by atoms with Crippen LogP contribution in [0, 0.1) is 0 Å². The van der Waals surface area contributed by atoms with Crippen molar-refractivity contribution in [1.82, 2.24) is 5.32 Å². The Morgan fingerprint density at radius 2 is 2.27 bits per heavy atom. The lowest BCUT2D eigenvalue weighted by Gasteiger charge is -2.25. The zero-order chi connectivity index (χ0) is 7.56.